The lowest BCUT2D eigenvalue weighted by Gasteiger charge is -2.19. The normalized spacial score (nSPS) is 21.4. The molecule has 0 bridgehead atoms. The molecule has 0 saturated heterocycles. The number of hydrogen-bond donors (Lipinski definition) is 1. The summed E-state index contributed by atoms with van der Waals surface area (Å²) < 4.78 is 0. The number of allylic oxidation sites excluding steroid dienone is 1. The summed E-state index contributed by atoms with van der Waals surface area (Å²) in [5.41, 5.74) is 0. The average molecular weight is 202 g/mol. The molecule has 0 heterocycles. The zero-order valence-electron chi connectivity index (χ0n) is 8.43. The lowest BCUT2D eigenvalue weighted by Crippen LogP contribution is -2.32. The van der Waals surface area contributed by atoms with Crippen molar-refractivity contribution in [1.29, 1.82) is 0 Å². The van der Waals surface area contributed by atoms with Gasteiger partial charge in [-0.2, -0.15) is 0 Å². The van der Waals surface area contributed by atoms with E-state index in [1.165, 1.54) is 25.7 Å². The van der Waals surface area contributed by atoms with Gasteiger partial charge >= 0.3 is 0 Å². The van der Waals surface area contributed by atoms with Crippen LogP contribution in [0, 0.1) is 5.92 Å². The first-order valence-electron chi connectivity index (χ1n) is 5.29. The molecule has 0 aromatic heterocycles. The highest BCUT2D eigenvalue weighted by Gasteiger charge is 2.20. The summed E-state index contributed by atoms with van der Waals surface area (Å²) in [5, 5.41) is 3.51. The number of nitrogens with one attached hydrogen (secondary N) is 1. The van der Waals surface area contributed by atoms with Gasteiger partial charge in [0.15, 0.2) is 0 Å². The van der Waals surface area contributed by atoms with Gasteiger partial charge in [0.25, 0.3) is 0 Å². The van der Waals surface area contributed by atoms with Gasteiger partial charge in [0, 0.05) is 18.5 Å². The van der Waals surface area contributed by atoms with Gasteiger partial charge in [0.05, 0.1) is 0 Å². The standard InChI is InChI=1S/C11H20ClN/c1-10(11-6-2-3-7-11)13-9-5-4-8-12/h4-5,10-11,13H,2-3,6-9H2,1H3/b5-4+/t10-/m1/s1. The van der Waals surface area contributed by atoms with E-state index in [2.05, 4.69) is 18.3 Å². The molecule has 0 aromatic rings. The first-order valence-corrected chi connectivity index (χ1v) is 5.82. The Labute approximate surface area is 86.5 Å². The second-order valence-electron chi connectivity index (χ2n) is 3.87. The molecule has 1 nitrogen and oxygen atoms in total. The Balaban J connectivity index is 2.09. The highest BCUT2D eigenvalue weighted by molar-refractivity contribution is 6.18. The molecule has 1 aliphatic rings. The van der Waals surface area contributed by atoms with E-state index in [1.807, 2.05) is 6.08 Å². The SMILES string of the molecule is C[C@@H](NC/C=C/CCl)C1CCCC1. The Morgan fingerprint density at radius 2 is 2.08 bits per heavy atom. The van der Waals surface area contributed by atoms with Crippen LogP contribution in [-0.4, -0.2) is 18.5 Å². The van der Waals surface area contributed by atoms with Crippen molar-refractivity contribution >= 4 is 11.6 Å². The van der Waals surface area contributed by atoms with Crippen molar-refractivity contribution in [3.05, 3.63) is 12.2 Å². The highest BCUT2D eigenvalue weighted by Crippen LogP contribution is 2.27. The van der Waals surface area contributed by atoms with Crippen LogP contribution in [0.2, 0.25) is 0 Å². The molecule has 0 unspecified atom stereocenters. The highest BCUT2D eigenvalue weighted by atomic mass is 35.5. The molecule has 1 saturated carbocycles. The molecule has 1 aliphatic carbocycles. The zero-order chi connectivity index (χ0) is 9.52. The third kappa shape index (κ3) is 4.15. The van der Waals surface area contributed by atoms with E-state index in [0.717, 1.165) is 12.5 Å². The van der Waals surface area contributed by atoms with Crippen molar-refractivity contribution in [2.45, 2.75) is 38.6 Å². The van der Waals surface area contributed by atoms with Crippen molar-refractivity contribution in [2.24, 2.45) is 5.92 Å². The van der Waals surface area contributed by atoms with E-state index < -0.39 is 0 Å². The topological polar surface area (TPSA) is 12.0 Å². The van der Waals surface area contributed by atoms with E-state index in [1.54, 1.807) is 0 Å². The van der Waals surface area contributed by atoms with E-state index in [-0.39, 0.29) is 0 Å². The molecule has 0 spiro atoms. The third-order valence-corrected chi connectivity index (χ3v) is 3.10. The Bertz CT molecular complexity index is 150. The lowest BCUT2D eigenvalue weighted by atomic mass is 10.00. The minimum absolute atomic E-state index is 0.624. The van der Waals surface area contributed by atoms with E-state index in [4.69, 9.17) is 11.6 Å². The molecule has 1 fully saturated rings. The Morgan fingerprint density at radius 1 is 1.38 bits per heavy atom. The Hall–Kier alpha value is -0.0100. The Morgan fingerprint density at radius 3 is 2.69 bits per heavy atom. The first kappa shape index (κ1) is 11.1. The Kier molecular flexibility index (Phi) is 5.49. The molecule has 0 radical (unpaired) electrons. The number of rotatable bonds is 5. The van der Waals surface area contributed by atoms with Crippen LogP contribution in [0.25, 0.3) is 0 Å². The molecule has 1 rings (SSSR count). The summed E-state index contributed by atoms with van der Waals surface area (Å²) in [7, 11) is 0. The van der Waals surface area contributed by atoms with Crippen LogP contribution in [0.5, 0.6) is 0 Å². The molecule has 13 heavy (non-hydrogen) atoms. The largest absolute Gasteiger partial charge is 0.311 e. The smallest absolute Gasteiger partial charge is 0.0404 e. The molecule has 0 aromatic carbocycles. The lowest BCUT2D eigenvalue weighted by molar-refractivity contribution is 0.394. The van der Waals surface area contributed by atoms with E-state index in [9.17, 15) is 0 Å². The summed E-state index contributed by atoms with van der Waals surface area (Å²) in [5.74, 6) is 1.53. The summed E-state index contributed by atoms with van der Waals surface area (Å²) in [4.78, 5) is 0. The van der Waals surface area contributed by atoms with Gasteiger partial charge in [-0.05, 0) is 25.7 Å². The fourth-order valence-corrected chi connectivity index (χ4v) is 2.15. The van der Waals surface area contributed by atoms with Gasteiger partial charge in [0.2, 0.25) is 0 Å². The molecule has 2 heteroatoms. The van der Waals surface area contributed by atoms with Gasteiger partial charge < -0.3 is 5.32 Å². The van der Waals surface area contributed by atoms with E-state index >= 15 is 0 Å². The first-order chi connectivity index (χ1) is 6.34. The number of alkyl halides is 1. The summed E-state index contributed by atoms with van der Waals surface area (Å²) in [6.07, 6.45) is 9.78. The van der Waals surface area contributed by atoms with Crippen LogP contribution >= 0.6 is 11.6 Å². The van der Waals surface area contributed by atoms with Crippen molar-refractivity contribution < 1.29 is 0 Å². The quantitative estimate of drug-likeness (QED) is 0.533. The van der Waals surface area contributed by atoms with Gasteiger partial charge in [-0.25, -0.2) is 0 Å². The average Bonchev–Trinajstić information content (AvgIpc) is 2.65. The molecule has 0 amide bonds. The van der Waals surface area contributed by atoms with Crippen molar-refractivity contribution in [3.63, 3.8) is 0 Å². The van der Waals surface area contributed by atoms with Gasteiger partial charge in [0.1, 0.15) is 0 Å². The fraction of sp³-hybridized carbons (Fsp3) is 0.818. The maximum atomic E-state index is 5.53. The fourth-order valence-electron chi connectivity index (χ4n) is 2.02. The van der Waals surface area contributed by atoms with Gasteiger partial charge in [-0.1, -0.05) is 25.0 Å². The van der Waals surface area contributed by atoms with Crippen molar-refractivity contribution in [1.82, 2.24) is 5.32 Å². The molecule has 76 valence electrons. The van der Waals surface area contributed by atoms with Gasteiger partial charge in [-0.3, -0.25) is 0 Å². The van der Waals surface area contributed by atoms with Crippen LogP contribution < -0.4 is 5.32 Å². The van der Waals surface area contributed by atoms with Crippen LogP contribution in [0.15, 0.2) is 12.2 Å². The van der Waals surface area contributed by atoms with Crippen LogP contribution in [0.1, 0.15) is 32.6 Å². The maximum Gasteiger partial charge on any atom is 0.0404 e. The third-order valence-electron chi connectivity index (χ3n) is 2.92. The summed E-state index contributed by atoms with van der Waals surface area (Å²) >= 11 is 5.53. The monoisotopic (exact) mass is 201 g/mol. The molecular formula is C11H20ClN. The second-order valence-corrected chi connectivity index (χ2v) is 4.18. The van der Waals surface area contributed by atoms with Crippen LogP contribution in [0.3, 0.4) is 0 Å². The molecule has 0 aliphatic heterocycles. The van der Waals surface area contributed by atoms with Crippen molar-refractivity contribution in [2.75, 3.05) is 12.4 Å². The molecule has 1 N–H and O–H groups in total. The van der Waals surface area contributed by atoms with Crippen molar-refractivity contribution in [3.8, 4) is 0 Å². The van der Waals surface area contributed by atoms with Gasteiger partial charge in [-0.15, -0.1) is 11.6 Å². The second kappa shape index (κ2) is 6.44. The van der Waals surface area contributed by atoms with E-state index in [0.29, 0.717) is 11.9 Å². The van der Waals surface area contributed by atoms with Crippen LogP contribution in [-0.2, 0) is 0 Å². The zero-order valence-corrected chi connectivity index (χ0v) is 9.19. The predicted molar refractivity (Wildman–Crippen MR) is 59.3 cm³/mol. The molecule has 1 atom stereocenters. The number of hydrogen-bond acceptors (Lipinski definition) is 1. The minimum atomic E-state index is 0.624. The minimum Gasteiger partial charge on any atom is -0.311 e. The number of halogens is 1. The van der Waals surface area contributed by atoms with Crippen LogP contribution in [0.4, 0.5) is 0 Å². The molecular weight excluding hydrogens is 182 g/mol. The predicted octanol–water partition coefficient (Wildman–Crippen LogP) is 2.95. The summed E-state index contributed by atoms with van der Waals surface area (Å²) in [6, 6.07) is 0.669. The maximum absolute atomic E-state index is 5.53. The summed E-state index contributed by atoms with van der Waals surface area (Å²) in [6.45, 7) is 3.26.